The molecule has 3 rings (SSSR count). The fourth-order valence-corrected chi connectivity index (χ4v) is 3.05. The lowest BCUT2D eigenvalue weighted by molar-refractivity contribution is 0.274. The van der Waals surface area contributed by atoms with Crippen LogP contribution in [0.2, 0.25) is 10.0 Å². The Bertz CT molecular complexity index is 643. The van der Waals surface area contributed by atoms with Crippen LogP contribution in [0.25, 0.3) is 0 Å². The lowest BCUT2D eigenvalue weighted by Gasteiger charge is -2.28. The minimum Gasteiger partial charge on any atom is -0.492 e. The summed E-state index contributed by atoms with van der Waals surface area (Å²) in [6.45, 7) is 0.659. The molecule has 0 aromatic heterocycles. The number of benzene rings is 2. The molecule has 3 nitrogen and oxygen atoms in total. The van der Waals surface area contributed by atoms with Gasteiger partial charge in [-0.05, 0) is 29.8 Å². The number of anilines is 1. The molecule has 1 aliphatic rings. The summed E-state index contributed by atoms with van der Waals surface area (Å²) >= 11 is 12.3. The second kappa shape index (κ2) is 6.14. The van der Waals surface area contributed by atoms with E-state index in [4.69, 9.17) is 33.0 Å². The van der Waals surface area contributed by atoms with Crippen molar-refractivity contribution in [3.63, 3.8) is 0 Å². The topological polar surface area (TPSA) is 41.5 Å². The molecule has 5 heteroatoms. The number of ether oxygens (including phenoxy) is 1. The van der Waals surface area contributed by atoms with E-state index in [0.29, 0.717) is 22.4 Å². The Morgan fingerprint density at radius 1 is 1.19 bits per heavy atom. The molecule has 1 heterocycles. The highest BCUT2D eigenvalue weighted by Crippen LogP contribution is 2.41. The first-order chi connectivity index (χ1) is 10.2. The first-order valence-electron chi connectivity index (χ1n) is 6.75. The van der Waals surface area contributed by atoms with Crippen molar-refractivity contribution in [3.8, 4) is 5.75 Å². The van der Waals surface area contributed by atoms with E-state index >= 15 is 0 Å². The fourth-order valence-electron chi connectivity index (χ4n) is 2.48. The van der Waals surface area contributed by atoms with Crippen LogP contribution in [-0.2, 0) is 6.61 Å². The summed E-state index contributed by atoms with van der Waals surface area (Å²) in [5, 5.41) is 13.7. The van der Waals surface area contributed by atoms with Crippen LogP contribution in [0.3, 0.4) is 0 Å². The number of nitrogens with one attached hydrogen (secondary N) is 1. The van der Waals surface area contributed by atoms with Gasteiger partial charge in [0.1, 0.15) is 5.75 Å². The molecule has 0 fully saturated rings. The number of aliphatic hydroxyl groups excluding tert-OH is 1. The molecule has 1 atom stereocenters. The molecule has 0 bridgehead atoms. The van der Waals surface area contributed by atoms with Crippen LogP contribution in [0.5, 0.6) is 5.75 Å². The lowest BCUT2D eigenvalue weighted by atomic mass is 10.00. The highest BCUT2D eigenvalue weighted by Gasteiger charge is 2.24. The van der Waals surface area contributed by atoms with E-state index in [1.54, 1.807) is 6.07 Å². The van der Waals surface area contributed by atoms with Crippen LogP contribution in [-0.4, -0.2) is 11.7 Å². The van der Waals surface area contributed by atoms with Crippen molar-refractivity contribution in [2.24, 2.45) is 0 Å². The van der Waals surface area contributed by atoms with Crippen LogP contribution in [0.15, 0.2) is 36.4 Å². The minimum absolute atomic E-state index is 0.0472. The third-order valence-electron chi connectivity index (χ3n) is 3.54. The van der Waals surface area contributed by atoms with Crippen LogP contribution >= 0.6 is 23.2 Å². The molecule has 0 amide bonds. The second-order valence-electron chi connectivity index (χ2n) is 5.00. The van der Waals surface area contributed by atoms with E-state index in [-0.39, 0.29) is 12.6 Å². The number of hydrogen-bond donors (Lipinski definition) is 2. The van der Waals surface area contributed by atoms with Gasteiger partial charge in [-0.25, -0.2) is 0 Å². The Labute approximate surface area is 133 Å². The third kappa shape index (κ3) is 3.10. The smallest absolute Gasteiger partial charge is 0.143 e. The van der Waals surface area contributed by atoms with Gasteiger partial charge < -0.3 is 15.2 Å². The van der Waals surface area contributed by atoms with Gasteiger partial charge in [-0.15, -0.1) is 0 Å². The normalized spacial score (nSPS) is 17.0. The maximum Gasteiger partial charge on any atom is 0.143 e. The van der Waals surface area contributed by atoms with E-state index in [2.05, 4.69) is 5.32 Å². The summed E-state index contributed by atoms with van der Waals surface area (Å²) in [6.07, 6.45) is 0.839. The zero-order valence-electron chi connectivity index (χ0n) is 11.3. The standard InChI is InChI=1S/C16H15Cl2NO2/c17-11-7-13-15(5-6-21-16(13)14(18)8-11)19-12-3-1-10(9-20)2-4-12/h1-4,7-8,15,19-20H,5-6,9H2. The van der Waals surface area contributed by atoms with E-state index < -0.39 is 0 Å². The minimum atomic E-state index is 0.0472. The van der Waals surface area contributed by atoms with Crippen molar-refractivity contribution in [2.75, 3.05) is 11.9 Å². The van der Waals surface area contributed by atoms with Crippen LogP contribution in [0.4, 0.5) is 5.69 Å². The summed E-state index contributed by atoms with van der Waals surface area (Å²) in [7, 11) is 0. The Kier molecular flexibility index (Phi) is 4.24. The Morgan fingerprint density at radius 2 is 1.95 bits per heavy atom. The van der Waals surface area contributed by atoms with Gasteiger partial charge in [-0.2, -0.15) is 0 Å². The first-order valence-corrected chi connectivity index (χ1v) is 7.51. The SMILES string of the molecule is OCc1ccc(NC2CCOc3c(Cl)cc(Cl)cc32)cc1. The van der Waals surface area contributed by atoms with Gasteiger partial charge >= 0.3 is 0 Å². The highest BCUT2D eigenvalue weighted by atomic mass is 35.5. The second-order valence-corrected chi connectivity index (χ2v) is 5.84. The molecular weight excluding hydrogens is 309 g/mol. The maximum atomic E-state index is 9.07. The molecule has 2 aromatic carbocycles. The number of hydrogen-bond acceptors (Lipinski definition) is 3. The molecule has 21 heavy (non-hydrogen) atoms. The summed E-state index contributed by atoms with van der Waals surface area (Å²) in [5.74, 6) is 0.705. The highest BCUT2D eigenvalue weighted by molar-refractivity contribution is 6.35. The van der Waals surface area contributed by atoms with E-state index in [0.717, 1.165) is 23.2 Å². The molecule has 110 valence electrons. The summed E-state index contributed by atoms with van der Waals surface area (Å²) in [6, 6.07) is 11.4. The first kappa shape index (κ1) is 14.5. The van der Waals surface area contributed by atoms with Crippen molar-refractivity contribution >= 4 is 28.9 Å². The van der Waals surface area contributed by atoms with Crippen molar-refractivity contribution in [3.05, 3.63) is 57.6 Å². The summed E-state index contributed by atoms with van der Waals surface area (Å²) in [5.41, 5.74) is 2.85. The molecule has 0 spiro atoms. The number of aliphatic hydroxyl groups is 1. The van der Waals surface area contributed by atoms with Crippen molar-refractivity contribution in [1.82, 2.24) is 0 Å². The predicted octanol–water partition coefficient (Wildman–Crippen LogP) is 4.42. The molecule has 0 saturated heterocycles. The number of halogens is 2. The number of fused-ring (bicyclic) bond motifs is 1. The zero-order chi connectivity index (χ0) is 14.8. The summed E-state index contributed by atoms with van der Waals surface area (Å²) in [4.78, 5) is 0. The largest absolute Gasteiger partial charge is 0.492 e. The van der Waals surface area contributed by atoms with Gasteiger partial charge in [-0.3, -0.25) is 0 Å². The molecule has 2 aromatic rings. The van der Waals surface area contributed by atoms with Crippen molar-refractivity contribution in [1.29, 1.82) is 0 Å². The Hall–Kier alpha value is -1.42. The lowest BCUT2D eigenvalue weighted by Crippen LogP contribution is -2.20. The quantitative estimate of drug-likeness (QED) is 0.878. The number of rotatable bonds is 3. The van der Waals surface area contributed by atoms with E-state index in [9.17, 15) is 0 Å². The average Bonchev–Trinajstić information content (AvgIpc) is 2.49. The van der Waals surface area contributed by atoms with Gasteiger partial charge in [0.15, 0.2) is 0 Å². The molecule has 0 aliphatic carbocycles. The summed E-state index contributed by atoms with van der Waals surface area (Å²) < 4.78 is 5.65. The van der Waals surface area contributed by atoms with Crippen molar-refractivity contribution < 1.29 is 9.84 Å². The van der Waals surface area contributed by atoms with E-state index in [1.807, 2.05) is 30.3 Å². The Balaban J connectivity index is 1.87. The fraction of sp³-hybridized carbons (Fsp3) is 0.250. The average molecular weight is 324 g/mol. The molecule has 2 N–H and O–H groups in total. The molecule has 1 unspecified atom stereocenters. The van der Waals surface area contributed by atoms with Gasteiger partial charge in [-0.1, -0.05) is 35.3 Å². The van der Waals surface area contributed by atoms with Gasteiger partial charge in [0.2, 0.25) is 0 Å². The predicted molar refractivity (Wildman–Crippen MR) is 85.3 cm³/mol. The van der Waals surface area contributed by atoms with E-state index in [1.165, 1.54) is 0 Å². The Morgan fingerprint density at radius 3 is 2.67 bits per heavy atom. The maximum absolute atomic E-state index is 9.07. The van der Waals surface area contributed by atoms with Gasteiger partial charge in [0.25, 0.3) is 0 Å². The molecule has 0 radical (unpaired) electrons. The van der Waals surface area contributed by atoms with Crippen LogP contribution in [0, 0.1) is 0 Å². The molecular formula is C16H15Cl2NO2. The van der Waals surface area contributed by atoms with Crippen LogP contribution in [0.1, 0.15) is 23.6 Å². The van der Waals surface area contributed by atoms with Crippen LogP contribution < -0.4 is 10.1 Å². The monoisotopic (exact) mass is 323 g/mol. The van der Waals surface area contributed by atoms with Crippen molar-refractivity contribution in [2.45, 2.75) is 19.1 Å². The van der Waals surface area contributed by atoms with Gasteiger partial charge in [0.05, 0.1) is 24.3 Å². The third-order valence-corrected chi connectivity index (χ3v) is 4.04. The zero-order valence-corrected chi connectivity index (χ0v) is 12.8. The molecule has 0 saturated carbocycles. The molecule has 1 aliphatic heterocycles. The van der Waals surface area contributed by atoms with Gasteiger partial charge in [0, 0.05) is 22.7 Å².